The number of guanidine groups is 1. The molecule has 0 atom stereocenters. The first-order valence-corrected chi connectivity index (χ1v) is 11.2. The van der Waals surface area contributed by atoms with Crippen LogP contribution >= 0.6 is 24.0 Å². The number of sulfone groups is 1. The molecule has 29 heavy (non-hydrogen) atoms. The summed E-state index contributed by atoms with van der Waals surface area (Å²) in [5.41, 5.74) is 1.11. The van der Waals surface area contributed by atoms with Crippen molar-refractivity contribution in [2.24, 2.45) is 4.99 Å². The SMILES string of the molecule is CCNC(=NCc1cc(F)ccc1CS(C)(=O)=O)NCCn1cnnc1CC.I. The summed E-state index contributed by atoms with van der Waals surface area (Å²) in [7, 11) is -3.22. The van der Waals surface area contributed by atoms with Crippen molar-refractivity contribution >= 4 is 39.8 Å². The Morgan fingerprint density at radius 3 is 2.66 bits per heavy atom. The Morgan fingerprint density at radius 1 is 1.24 bits per heavy atom. The Balaban J connectivity index is 0.00000420. The fourth-order valence-corrected chi connectivity index (χ4v) is 3.55. The molecule has 0 bridgehead atoms. The third kappa shape index (κ3) is 8.64. The van der Waals surface area contributed by atoms with E-state index in [2.05, 4.69) is 25.8 Å². The van der Waals surface area contributed by atoms with Gasteiger partial charge in [0.25, 0.3) is 0 Å². The number of hydrogen-bond donors (Lipinski definition) is 2. The largest absolute Gasteiger partial charge is 0.357 e. The van der Waals surface area contributed by atoms with Crippen molar-refractivity contribution in [2.75, 3.05) is 19.3 Å². The van der Waals surface area contributed by atoms with E-state index in [-0.39, 0.29) is 36.3 Å². The third-order valence-corrected chi connectivity index (χ3v) is 4.83. The minimum Gasteiger partial charge on any atom is -0.357 e. The van der Waals surface area contributed by atoms with E-state index in [1.165, 1.54) is 18.2 Å². The topological polar surface area (TPSA) is 101 Å². The van der Waals surface area contributed by atoms with Crippen molar-refractivity contribution in [3.63, 3.8) is 0 Å². The van der Waals surface area contributed by atoms with Crippen LogP contribution in [0.2, 0.25) is 0 Å². The number of benzene rings is 1. The number of rotatable bonds is 9. The molecule has 1 heterocycles. The van der Waals surface area contributed by atoms with Gasteiger partial charge in [-0.05, 0) is 30.2 Å². The highest BCUT2D eigenvalue weighted by Crippen LogP contribution is 2.15. The van der Waals surface area contributed by atoms with Gasteiger partial charge in [0.1, 0.15) is 18.0 Å². The fourth-order valence-electron chi connectivity index (χ4n) is 2.71. The summed E-state index contributed by atoms with van der Waals surface area (Å²) in [5, 5.41) is 14.3. The van der Waals surface area contributed by atoms with Crippen molar-refractivity contribution in [3.05, 3.63) is 47.3 Å². The molecule has 11 heteroatoms. The smallest absolute Gasteiger partial charge is 0.191 e. The number of hydrogen-bond acceptors (Lipinski definition) is 5. The quantitative estimate of drug-likeness (QED) is 0.288. The lowest BCUT2D eigenvalue weighted by Crippen LogP contribution is -2.39. The van der Waals surface area contributed by atoms with Gasteiger partial charge in [0, 0.05) is 32.3 Å². The van der Waals surface area contributed by atoms with Crippen LogP contribution in [0.15, 0.2) is 29.5 Å². The molecular formula is C18H28FIN6O2S. The van der Waals surface area contributed by atoms with E-state index in [1.807, 2.05) is 18.4 Å². The summed E-state index contributed by atoms with van der Waals surface area (Å²) in [6.45, 7) is 6.09. The van der Waals surface area contributed by atoms with Crippen LogP contribution in [-0.4, -0.2) is 48.5 Å². The van der Waals surface area contributed by atoms with Crippen molar-refractivity contribution < 1.29 is 12.8 Å². The van der Waals surface area contributed by atoms with Gasteiger partial charge in [-0.25, -0.2) is 17.8 Å². The number of nitrogens with one attached hydrogen (secondary N) is 2. The van der Waals surface area contributed by atoms with Gasteiger partial charge in [0.05, 0.1) is 12.3 Å². The second kappa shape index (κ2) is 12.1. The van der Waals surface area contributed by atoms with Gasteiger partial charge in [-0.3, -0.25) is 0 Å². The minimum absolute atomic E-state index is 0. The molecular weight excluding hydrogens is 510 g/mol. The molecule has 0 aliphatic heterocycles. The van der Waals surface area contributed by atoms with Crippen LogP contribution in [0.1, 0.15) is 30.8 Å². The van der Waals surface area contributed by atoms with E-state index in [9.17, 15) is 12.8 Å². The molecule has 0 radical (unpaired) electrons. The standard InChI is InChI=1S/C18H27FN6O2S.HI/c1-4-17-24-23-13-25(17)9-8-21-18(20-5-2)22-11-15-10-16(19)7-6-14(15)12-28(3,26)27;/h6-7,10,13H,4-5,8-9,11-12H2,1-3H3,(H2,20,21,22);1H. The number of aromatic nitrogens is 3. The van der Waals surface area contributed by atoms with E-state index in [0.29, 0.717) is 36.7 Å². The van der Waals surface area contributed by atoms with Gasteiger partial charge >= 0.3 is 0 Å². The average molecular weight is 538 g/mol. The van der Waals surface area contributed by atoms with Crippen LogP contribution in [0.5, 0.6) is 0 Å². The van der Waals surface area contributed by atoms with Crippen LogP contribution in [0.3, 0.4) is 0 Å². The summed E-state index contributed by atoms with van der Waals surface area (Å²) in [6.07, 6.45) is 3.65. The van der Waals surface area contributed by atoms with Gasteiger partial charge < -0.3 is 15.2 Å². The molecule has 2 N–H and O–H groups in total. The van der Waals surface area contributed by atoms with Crippen molar-refractivity contribution in [3.8, 4) is 0 Å². The highest BCUT2D eigenvalue weighted by molar-refractivity contribution is 14.0. The maximum absolute atomic E-state index is 13.6. The summed E-state index contributed by atoms with van der Waals surface area (Å²) >= 11 is 0. The molecule has 0 aliphatic carbocycles. The highest BCUT2D eigenvalue weighted by Gasteiger charge is 2.11. The molecule has 2 rings (SSSR count). The fraction of sp³-hybridized carbons (Fsp3) is 0.500. The molecule has 0 saturated heterocycles. The van der Waals surface area contributed by atoms with Gasteiger partial charge in [0.2, 0.25) is 0 Å². The second-order valence-corrected chi connectivity index (χ2v) is 8.54. The van der Waals surface area contributed by atoms with E-state index in [4.69, 9.17) is 0 Å². The van der Waals surface area contributed by atoms with Crippen LogP contribution in [0.25, 0.3) is 0 Å². The van der Waals surface area contributed by atoms with Crippen LogP contribution < -0.4 is 10.6 Å². The summed E-state index contributed by atoms with van der Waals surface area (Å²) in [5.74, 6) is 0.924. The van der Waals surface area contributed by atoms with E-state index >= 15 is 0 Å². The van der Waals surface area contributed by atoms with Crippen molar-refractivity contribution in [1.29, 1.82) is 0 Å². The lowest BCUT2D eigenvalue weighted by atomic mass is 10.1. The summed E-state index contributed by atoms with van der Waals surface area (Å²) in [6, 6.07) is 4.10. The predicted molar refractivity (Wildman–Crippen MR) is 123 cm³/mol. The molecule has 0 saturated carbocycles. The van der Waals surface area contributed by atoms with Crippen molar-refractivity contribution in [2.45, 2.75) is 39.1 Å². The average Bonchev–Trinajstić information content (AvgIpc) is 3.08. The predicted octanol–water partition coefficient (Wildman–Crippen LogP) is 1.90. The molecule has 2 aromatic rings. The van der Waals surface area contributed by atoms with Gasteiger partial charge in [-0.1, -0.05) is 13.0 Å². The third-order valence-electron chi connectivity index (χ3n) is 3.99. The number of halogens is 2. The number of nitrogens with zero attached hydrogens (tertiary/aromatic N) is 4. The zero-order valence-electron chi connectivity index (χ0n) is 16.9. The zero-order valence-corrected chi connectivity index (χ0v) is 20.0. The van der Waals surface area contributed by atoms with Crippen LogP contribution in [0.4, 0.5) is 4.39 Å². The monoisotopic (exact) mass is 538 g/mol. The number of aliphatic imine (C=N–C) groups is 1. The second-order valence-electron chi connectivity index (χ2n) is 6.40. The van der Waals surface area contributed by atoms with Gasteiger partial charge in [-0.15, -0.1) is 34.2 Å². The first kappa shape index (κ1) is 25.3. The van der Waals surface area contributed by atoms with E-state index in [0.717, 1.165) is 18.5 Å². The summed E-state index contributed by atoms with van der Waals surface area (Å²) in [4.78, 5) is 4.47. The van der Waals surface area contributed by atoms with E-state index < -0.39 is 15.7 Å². The van der Waals surface area contributed by atoms with Crippen LogP contribution in [-0.2, 0) is 35.1 Å². The Labute approximate surface area is 188 Å². The lowest BCUT2D eigenvalue weighted by Gasteiger charge is -2.13. The maximum Gasteiger partial charge on any atom is 0.191 e. The van der Waals surface area contributed by atoms with Gasteiger partial charge in [-0.2, -0.15) is 0 Å². The van der Waals surface area contributed by atoms with E-state index in [1.54, 1.807) is 6.33 Å². The van der Waals surface area contributed by atoms with Gasteiger partial charge in [0.15, 0.2) is 15.8 Å². The molecule has 162 valence electrons. The molecule has 1 aromatic carbocycles. The minimum atomic E-state index is -3.22. The Kier molecular flexibility index (Phi) is 10.5. The lowest BCUT2D eigenvalue weighted by molar-refractivity contribution is 0.600. The normalized spacial score (nSPS) is 11.8. The Morgan fingerprint density at radius 2 is 2.00 bits per heavy atom. The first-order chi connectivity index (χ1) is 13.3. The van der Waals surface area contributed by atoms with Crippen molar-refractivity contribution in [1.82, 2.24) is 25.4 Å². The first-order valence-electron chi connectivity index (χ1n) is 9.16. The molecule has 0 unspecified atom stereocenters. The number of aryl methyl sites for hydroxylation is 1. The molecule has 1 aromatic heterocycles. The highest BCUT2D eigenvalue weighted by atomic mass is 127. The Bertz CT molecular complexity index is 917. The molecule has 0 aliphatic rings. The molecule has 0 amide bonds. The molecule has 0 spiro atoms. The summed E-state index contributed by atoms with van der Waals surface area (Å²) < 4.78 is 38.8. The zero-order chi connectivity index (χ0) is 20.6. The Hall–Kier alpha value is -1.76. The maximum atomic E-state index is 13.6. The van der Waals surface area contributed by atoms with Crippen LogP contribution in [0, 0.1) is 5.82 Å². The molecule has 0 fully saturated rings. The molecule has 8 nitrogen and oxygen atoms in total.